The summed E-state index contributed by atoms with van der Waals surface area (Å²) >= 11 is 0. The van der Waals surface area contributed by atoms with Crippen molar-refractivity contribution in [2.24, 2.45) is 5.92 Å². The summed E-state index contributed by atoms with van der Waals surface area (Å²) in [5.74, 6) is 0.986. The molecule has 1 aromatic rings. The van der Waals surface area contributed by atoms with Crippen molar-refractivity contribution in [3.05, 3.63) is 29.8 Å². The van der Waals surface area contributed by atoms with Crippen LogP contribution in [-0.2, 0) is 6.54 Å². The molecule has 2 unspecified atom stereocenters. The number of benzene rings is 1. The molecule has 1 heterocycles. The predicted molar refractivity (Wildman–Crippen MR) is 90.8 cm³/mol. The second-order valence-electron chi connectivity index (χ2n) is 6.82. The molecule has 3 rings (SSSR count). The Morgan fingerprint density at radius 2 is 2.05 bits per heavy atom. The molecule has 0 aromatic heterocycles. The molecule has 1 aliphatic carbocycles. The standard InChI is InChI=1S/C19H30N2/c1-2-6-16-7-5-9-18(12-11-16)21-14-13-20-15-17-8-3-4-10-19(17)21/h3-4,8,10,16,18,20H,2,5-7,9,11-15H2,1H3. The van der Waals surface area contributed by atoms with Gasteiger partial charge in [0.1, 0.15) is 0 Å². The molecule has 0 bridgehead atoms. The predicted octanol–water partition coefficient (Wildman–Crippen LogP) is 4.35. The number of hydrogen-bond donors (Lipinski definition) is 1. The Balaban J connectivity index is 1.74. The van der Waals surface area contributed by atoms with Gasteiger partial charge in [0.05, 0.1) is 0 Å². The highest BCUT2D eigenvalue weighted by atomic mass is 15.2. The maximum Gasteiger partial charge on any atom is 0.0414 e. The molecule has 2 atom stereocenters. The number of fused-ring (bicyclic) bond motifs is 1. The smallest absolute Gasteiger partial charge is 0.0414 e. The van der Waals surface area contributed by atoms with Crippen molar-refractivity contribution in [2.45, 2.75) is 64.5 Å². The van der Waals surface area contributed by atoms with E-state index in [2.05, 4.69) is 41.4 Å². The SMILES string of the molecule is CCCC1CCCC(N2CCNCc3ccccc32)CC1. The Labute approximate surface area is 129 Å². The van der Waals surface area contributed by atoms with Crippen molar-refractivity contribution in [1.82, 2.24) is 5.32 Å². The Morgan fingerprint density at radius 1 is 1.14 bits per heavy atom. The van der Waals surface area contributed by atoms with E-state index in [0.29, 0.717) is 0 Å². The minimum atomic E-state index is 0.757. The summed E-state index contributed by atoms with van der Waals surface area (Å²) < 4.78 is 0. The van der Waals surface area contributed by atoms with Crippen LogP contribution in [0.2, 0.25) is 0 Å². The molecule has 2 heteroatoms. The summed E-state index contributed by atoms with van der Waals surface area (Å²) in [5.41, 5.74) is 2.96. The highest BCUT2D eigenvalue weighted by Gasteiger charge is 2.25. The van der Waals surface area contributed by atoms with Crippen LogP contribution in [0.3, 0.4) is 0 Å². The molecular formula is C19H30N2. The van der Waals surface area contributed by atoms with Crippen LogP contribution >= 0.6 is 0 Å². The van der Waals surface area contributed by atoms with Crippen molar-refractivity contribution in [1.29, 1.82) is 0 Å². The largest absolute Gasteiger partial charge is 0.367 e. The lowest BCUT2D eigenvalue weighted by Gasteiger charge is -2.33. The maximum absolute atomic E-state index is 3.58. The molecule has 0 radical (unpaired) electrons. The van der Waals surface area contributed by atoms with Gasteiger partial charge in [-0.2, -0.15) is 0 Å². The zero-order valence-corrected chi connectivity index (χ0v) is 13.5. The minimum absolute atomic E-state index is 0.757. The van der Waals surface area contributed by atoms with Crippen LogP contribution in [0, 0.1) is 5.92 Å². The zero-order valence-electron chi connectivity index (χ0n) is 13.5. The van der Waals surface area contributed by atoms with Gasteiger partial charge in [0, 0.05) is 31.4 Å². The Kier molecular flexibility index (Phi) is 5.18. The van der Waals surface area contributed by atoms with Crippen LogP contribution in [0.15, 0.2) is 24.3 Å². The Morgan fingerprint density at radius 3 is 2.95 bits per heavy atom. The van der Waals surface area contributed by atoms with Gasteiger partial charge in [0.2, 0.25) is 0 Å². The van der Waals surface area contributed by atoms with E-state index >= 15 is 0 Å². The van der Waals surface area contributed by atoms with Crippen molar-refractivity contribution >= 4 is 5.69 Å². The normalized spacial score (nSPS) is 26.8. The van der Waals surface area contributed by atoms with Crippen molar-refractivity contribution in [3.8, 4) is 0 Å². The van der Waals surface area contributed by atoms with E-state index in [0.717, 1.165) is 25.0 Å². The van der Waals surface area contributed by atoms with Gasteiger partial charge in [-0.05, 0) is 36.8 Å². The first kappa shape index (κ1) is 14.9. The molecule has 1 aliphatic heterocycles. The van der Waals surface area contributed by atoms with Gasteiger partial charge in [0.25, 0.3) is 0 Å². The topological polar surface area (TPSA) is 15.3 Å². The Bertz CT molecular complexity index is 443. The van der Waals surface area contributed by atoms with Gasteiger partial charge in [-0.3, -0.25) is 0 Å². The third kappa shape index (κ3) is 3.60. The number of hydrogen-bond acceptors (Lipinski definition) is 2. The molecule has 0 amide bonds. The van der Waals surface area contributed by atoms with Crippen LogP contribution in [-0.4, -0.2) is 19.1 Å². The molecule has 1 saturated carbocycles. The van der Waals surface area contributed by atoms with Crippen LogP contribution in [0.25, 0.3) is 0 Å². The molecule has 2 nitrogen and oxygen atoms in total. The summed E-state index contributed by atoms with van der Waals surface area (Å²) in [5, 5.41) is 3.58. The minimum Gasteiger partial charge on any atom is -0.367 e. The molecule has 116 valence electrons. The fourth-order valence-corrected chi connectivity index (χ4v) is 4.23. The van der Waals surface area contributed by atoms with E-state index in [1.165, 1.54) is 62.7 Å². The monoisotopic (exact) mass is 286 g/mol. The van der Waals surface area contributed by atoms with Crippen molar-refractivity contribution in [2.75, 3.05) is 18.0 Å². The van der Waals surface area contributed by atoms with Gasteiger partial charge < -0.3 is 10.2 Å². The van der Waals surface area contributed by atoms with E-state index in [1.807, 2.05) is 0 Å². The number of para-hydroxylation sites is 1. The van der Waals surface area contributed by atoms with Crippen LogP contribution < -0.4 is 10.2 Å². The van der Waals surface area contributed by atoms with Crippen LogP contribution in [0.1, 0.15) is 57.4 Å². The average Bonchev–Trinajstić information content (AvgIpc) is 2.86. The van der Waals surface area contributed by atoms with E-state index in [4.69, 9.17) is 0 Å². The fourth-order valence-electron chi connectivity index (χ4n) is 4.23. The summed E-state index contributed by atoms with van der Waals surface area (Å²) in [6.45, 7) is 5.64. The average molecular weight is 286 g/mol. The van der Waals surface area contributed by atoms with Gasteiger partial charge in [-0.1, -0.05) is 50.8 Å². The third-order valence-electron chi connectivity index (χ3n) is 5.34. The number of anilines is 1. The molecule has 0 saturated heterocycles. The molecule has 0 spiro atoms. The quantitative estimate of drug-likeness (QED) is 0.831. The zero-order chi connectivity index (χ0) is 14.5. The third-order valence-corrected chi connectivity index (χ3v) is 5.34. The van der Waals surface area contributed by atoms with Crippen LogP contribution in [0.4, 0.5) is 5.69 Å². The van der Waals surface area contributed by atoms with Crippen molar-refractivity contribution in [3.63, 3.8) is 0 Å². The summed E-state index contributed by atoms with van der Waals surface area (Å²) in [6.07, 6.45) is 9.87. The highest BCUT2D eigenvalue weighted by Crippen LogP contribution is 2.33. The fraction of sp³-hybridized carbons (Fsp3) is 0.684. The second kappa shape index (κ2) is 7.31. The first-order valence-corrected chi connectivity index (χ1v) is 8.93. The number of nitrogens with one attached hydrogen (secondary N) is 1. The van der Waals surface area contributed by atoms with E-state index in [9.17, 15) is 0 Å². The molecule has 1 fully saturated rings. The molecule has 1 N–H and O–H groups in total. The van der Waals surface area contributed by atoms with Gasteiger partial charge in [-0.25, -0.2) is 0 Å². The van der Waals surface area contributed by atoms with Gasteiger partial charge in [0.15, 0.2) is 0 Å². The lowest BCUT2D eigenvalue weighted by Crippen LogP contribution is -2.38. The number of rotatable bonds is 3. The molecule has 21 heavy (non-hydrogen) atoms. The molecule has 2 aliphatic rings. The highest BCUT2D eigenvalue weighted by molar-refractivity contribution is 5.55. The van der Waals surface area contributed by atoms with Gasteiger partial charge in [-0.15, -0.1) is 0 Å². The molecular weight excluding hydrogens is 256 g/mol. The van der Waals surface area contributed by atoms with Crippen LogP contribution in [0.5, 0.6) is 0 Å². The first-order chi connectivity index (χ1) is 10.4. The maximum atomic E-state index is 3.58. The lowest BCUT2D eigenvalue weighted by atomic mass is 9.95. The first-order valence-electron chi connectivity index (χ1n) is 8.93. The van der Waals surface area contributed by atoms with Crippen molar-refractivity contribution < 1.29 is 0 Å². The Hall–Kier alpha value is -1.02. The van der Waals surface area contributed by atoms with Gasteiger partial charge >= 0.3 is 0 Å². The van der Waals surface area contributed by atoms with E-state index < -0.39 is 0 Å². The summed E-state index contributed by atoms with van der Waals surface area (Å²) in [7, 11) is 0. The summed E-state index contributed by atoms with van der Waals surface area (Å²) in [4.78, 5) is 2.71. The lowest BCUT2D eigenvalue weighted by molar-refractivity contribution is 0.419. The van der Waals surface area contributed by atoms with E-state index in [-0.39, 0.29) is 0 Å². The molecule has 1 aromatic carbocycles. The summed E-state index contributed by atoms with van der Waals surface area (Å²) in [6, 6.07) is 9.75. The number of nitrogens with zero attached hydrogens (tertiary/aromatic N) is 1. The second-order valence-corrected chi connectivity index (χ2v) is 6.82. The van der Waals surface area contributed by atoms with E-state index in [1.54, 1.807) is 0 Å².